The summed E-state index contributed by atoms with van der Waals surface area (Å²) in [6.07, 6.45) is 2.97. The lowest BCUT2D eigenvalue weighted by Gasteiger charge is -2.24. The number of likely N-dealkylation sites (N-methyl/N-ethyl adjacent to an activating group) is 1. The summed E-state index contributed by atoms with van der Waals surface area (Å²) in [7, 11) is 1.70. The Morgan fingerprint density at radius 2 is 1.92 bits per heavy atom. The fourth-order valence-corrected chi connectivity index (χ4v) is 2.38. The van der Waals surface area contributed by atoms with E-state index < -0.39 is 0 Å². The first-order valence-corrected chi connectivity index (χ1v) is 7.60. The predicted molar refractivity (Wildman–Crippen MR) is 90.6 cm³/mol. The van der Waals surface area contributed by atoms with Crippen LogP contribution in [-0.2, 0) is 4.79 Å². The van der Waals surface area contributed by atoms with E-state index in [0.29, 0.717) is 11.5 Å². The van der Waals surface area contributed by atoms with Crippen molar-refractivity contribution in [2.45, 2.75) is 13.0 Å². The van der Waals surface area contributed by atoms with Crippen LogP contribution in [0.1, 0.15) is 24.4 Å². The number of rotatable bonds is 4. The SMILES string of the molecule is CC(c1ccc(F)cc1)N(C)C(=O)/C=C/c1nc2ccccc2o1. The fourth-order valence-electron chi connectivity index (χ4n) is 2.38. The largest absolute Gasteiger partial charge is 0.437 e. The van der Waals surface area contributed by atoms with E-state index in [0.717, 1.165) is 11.1 Å². The van der Waals surface area contributed by atoms with Crippen LogP contribution in [0.15, 0.2) is 59.0 Å². The Kier molecular flexibility index (Phi) is 4.42. The molecule has 0 spiro atoms. The van der Waals surface area contributed by atoms with Gasteiger partial charge in [0, 0.05) is 19.2 Å². The molecule has 0 fully saturated rings. The number of hydrogen-bond donors (Lipinski definition) is 0. The number of fused-ring (bicyclic) bond motifs is 1. The van der Waals surface area contributed by atoms with Gasteiger partial charge in [0.15, 0.2) is 5.58 Å². The van der Waals surface area contributed by atoms with Gasteiger partial charge in [-0.1, -0.05) is 24.3 Å². The van der Waals surface area contributed by atoms with Crippen molar-refractivity contribution in [3.8, 4) is 0 Å². The van der Waals surface area contributed by atoms with Crippen LogP contribution in [0.4, 0.5) is 4.39 Å². The van der Waals surface area contributed by atoms with Crippen LogP contribution in [0, 0.1) is 5.82 Å². The number of aromatic nitrogens is 1. The van der Waals surface area contributed by atoms with Crippen molar-refractivity contribution in [3.63, 3.8) is 0 Å². The summed E-state index contributed by atoms with van der Waals surface area (Å²) in [4.78, 5) is 18.2. The molecule has 0 aliphatic rings. The van der Waals surface area contributed by atoms with Crippen LogP contribution in [-0.4, -0.2) is 22.8 Å². The fraction of sp³-hybridized carbons (Fsp3) is 0.158. The molecule has 0 N–H and O–H groups in total. The highest BCUT2D eigenvalue weighted by Crippen LogP contribution is 2.20. The van der Waals surface area contributed by atoms with Crippen molar-refractivity contribution < 1.29 is 13.6 Å². The van der Waals surface area contributed by atoms with Gasteiger partial charge in [0.1, 0.15) is 11.3 Å². The zero-order valence-corrected chi connectivity index (χ0v) is 13.4. The quantitative estimate of drug-likeness (QED) is 0.676. The van der Waals surface area contributed by atoms with E-state index in [9.17, 15) is 9.18 Å². The summed E-state index contributed by atoms with van der Waals surface area (Å²) in [6, 6.07) is 13.4. The zero-order chi connectivity index (χ0) is 17.1. The number of para-hydroxylation sites is 2. The number of amides is 1. The highest BCUT2D eigenvalue weighted by atomic mass is 19.1. The number of carbonyl (C=O) groups excluding carboxylic acids is 1. The molecule has 0 aliphatic carbocycles. The Balaban J connectivity index is 1.72. The van der Waals surface area contributed by atoms with Crippen molar-refractivity contribution in [2.75, 3.05) is 7.05 Å². The maximum atomic E-state index is 13.0. The first kappa shape index (κ1) is 15.9. The van der Waals surface area contributed by atoms with Gasteiger partial charge in [0.2, 0.25) is 11.8 Å². The summed E-state index contributed by atoms with van der Waals surface area (Å²) in [6.45, 7) is 1.89. The lowest BCUT2D eigenvalue weighted by atomic mass is 10.1. The van der Waals surface area contributed by atoms with Crippen molar-refractivity contribution >= 4 is 23.1 Å². The maximum Gasteiger partial charge on any atom is 0.246 e. The monoisotopic (exact) mass is 324 g/mol. The first-order chi connectivity index (χ1) is 11.5. The summed E-state index contributed by atoms with van der Waals surface area (Å²) in [5, 5.41) is 0. The first-order valence-electron chi connectivity index (χ1n) is 7.60. The molecule has 5 heteroatoms. The molecule has 1 heterocycles. The van der Waals surface area contributed by atoms with Gasteiger partial charge < -0.3 is 9.32 Å². The van der Waals surface area contributed by atoms with Crippen molar-refractivity contribution in [1.29, 1.82) is 0 Å². The molecule has 1 amide bonds. The van der Waals surface area contributed by atoms with E-state index in [2.05, 4.69) is 4.98 Å². The maximum absolute atomic E-state index is 13.0. The highest BCUT2D eigenvalue weighted by molar-refractivity contribution is 5.91. The number of hydrogen-bond acceptors (Lipinski definition) is 3. The van der Waals surface area contributed by atoms with Gasteiger partial charge in [0.05, 0.1) is 6.04 Å². The van der Waals surface area contributed by atoms with Gasteiger partial charge in [0.25, 0.3) is 0 Å². The second kappa shape index (κ2) is 6.66. The van der Waals surface area contributed by atoms with Gasteiger partial charge >= 0.3 is 0 Å². The number of carbonyl (C=O) groups is 1. The van der Waals surface area contributed by atoms with E-state index in [1.165, 1.54) is 18.2 Å². The summed E-state index contributed by atoms with van der Waals surface area (Å²) in [5.41, 5.74) is 2.29. The summed E-state index contributed by atoms with van der Waals surface area (Å²) in [5.74, 6) is -0.0998. The standard InChI is InChI=1S/C19H17FN2O2/c1-13(14-7-9-15(20)10-8-14)22(2)19(23)12-11-18-21-16-5-3-4-6-17(16)24-18/h3-13H,1-2H3/b12-11+. The van der Waals surface area contributed by atoms with E-state index in [-0.39, 0.29) is 17.8 Å². The lowest BCUT2D eigenvalue weighted by Crippen LogP contribution is -2.27. The lowest BCUT2D eigenvalue weighted by molar-refractivity contribution is -0.126. The minimum atomic E-state index is -0.296. The number of oxazole rings is 1. The number of benzene rings is 2. The molecule has 122 valence electrons. The molecule has 0 saturated carbocycles. The summed E-state index contributed by atoms with van der Waals surface area (Å²) >= 11 is 0. The Bertz CT molecular complexity index is 851. The van der Waals surface area contributed by atoms with Crippen molar-refractivity contribution in [3.05, 3.63) is 71.9 Å². The molecular formula is C19H17FN2O2. The molecular weight excluding hydrogens is 307 g/mol. The second-order valence-electron chi connectivity index (χ2n) is 5.53. The number of nitrogens with zero attached hydrogens (tertiary/aromatic N) is 2. The van der Waals surface area contributed by atoms with Crippen molar-refractivity contribution in [2.24, 2.45) is 0 Å². The topological polar surface area (TPSA) is 46.3 Å². The highest BCUT2D eigenvalue weighted by Gasteiger charge is 2.15. The third kappa shape index (κ3) is 3.35. The van der Waals surface area contributed by atoms with E-state index in [1.54, 1.807) is 30.2 Å². The van der Waals surface area contributed by atoms with Crippen molar-refractivity contribution in [1.82, 2.24) is 9.88 Å². The molecule has 1 unspecified atom stereocenters. The van der Waals surface area contributed by atoms with E-state index in [4.69, 9.17) is 4.42 Å². The Morgan fingerprint density at radius 3 is 2.62 bits per heavy atom. The van der Waals surface area contributed by atoms with Gasteiger partial charge in [-0.25, -0.2) is 9.37 Å². The molecule has 1 atom stereocenters. The van der Waals surface area contributed by atoms with E-state index >= 15 is 0 Å². The third-order valence-electron chi connectivity index (χ3n) is 3.96. The van der Waals surface area contributed by atoms with Crippen LogP contribution in [0.3, 0.4) is 0 Å². The van der Waals surface area contributed by atoms with Gasteiger partial charge in [-0.2, -0.15) is 0 Å². The molecule has 1 aromatic heterocycles. The Labute approximate surface area is 139 Å². The normalized spacial score (nSPS) is 12.6. The molecule has 0 radical (unpaired) electrons. The number of halogens is 1. The van der Waals surface area contributed by atoms with Crippen LogP contribution < -0.4 is 0 Å². The van der Waals surface area contributed by atoms with Gasteiger partial charge in [-0.05, 0) is 36.8 Å². The van der Waals surface area contributed by atoms with Crippen LogP contribution in [0.2, 0.25) is 0 Å². The Hall–Kier alpha value is -2.95. The predicted octanol–water partition coefficient (Wildman–Crippen LogP) is 4.20. The molecule has 0 saturated heterocycles. The zero-order valence-electron chi connectivity index (χ0n) is 13.4. The van der Waals surface area contributed by atoms with Crippen LogP contribution in [0.5, 0.6) is 0 Å². The molecule has 3 rings (SSSR count). The molecule has 3 aromatic rings. The Morgan fingerprint density at radius 1 is 1.21 bits per heavy atom. The molecule has 4 nitrogen and oxygen atoms in total. The van der Waals surface area contributed by atoms with Gasteiger partial charge in [-0.3, -0.25) is 4.79 Å². The molecule has 24 heavy (non-hydrogen) atoms. The molecule has 2 aromatic carbocycles. The molecule has 0 aliphatic heterocycles. The van der Waals surface area contributed by atoms with Crippen LogP contribution >= 0.6 is 0 Å². The van der Waals surface area contributed by atoms with Crippen LogP contribution in [0.25, 0.3) is 17.2 Å². The average molecular weight is 324 g/mol. The molecule has 0 bridgehead atoms. The van der Waals surface area contributed by atoms with E-state index in [1.807, 2.05) is 31.2 Å². The summed E-state index contributed by atoms with van der Waals surface area (Å²) < 4.78 is 18.5. The minimum Gasteiger partial charge on any atom is -0.437 e. The third-order valence-corrected chi connectivity index (χ3v) is 3.96. The average Bonchev–Trinajstić information content (AvgIpc) is 3.02. The second-order valence-corrected chi connectivity index (χ2v) is 5.53. The smallest absolute Gasteiger partial charge is 0.246 e. The minimum absolute atomic E-state index is 0.175. The van der Waals surface area contributed by atoms with Gasteiger partial charge in [-0.15, -0.1) is 0 Å².